The molecule has 5 heterocycles. The van der Waals surface area contributed by atoms with E-state index in [4.69, 9.17) is 10.1 Å². The summed E-state index contributed by atoms with van der Waals surface area (Å²) >= 11 is 0. The summed E-state index contributed by atoms with van der Waals surface area (Å²) in [5.41, 5.74) is 6.62. The number of hydrogen-bond acceptors (Lipinski definition) is 8. The highest BCUT2D eigenvalue weighted by Gasteiger charge is 2.48. The Labute approximate surface area is 273 Å². The van der Waals surface area contributed by atoms with Crippen molar-refractivity contribution in [2.45, 2.75) is 82.0 Å². The standard InChI is InChI=1S/C36H40N8O3/c45-33-10-9-32(34(46)41-33)43-22-24-19-26(7-8-28(24)35(43)47)37-16-4-3-13-36(14-15-36)42-17-11-27(12-18-42)44-23-25(20-39-44)31-21-38-29-5-1-2-6-30(29)40-31/h1-2,5-8,19-21,23,27,32,37H,3-4,9-18,22H2,(H,41,45,46). The lowest BCUT2D eigenvalue weighted by Crippen LogP contribution is -2.52. The van der Waals surface area contributed by atoms with Gasteiger partial charge < -0.3 is 10.2 Å². The topological polar surface area (TPSA) is 125 Å². The van der Waals surface area contributed by atoms with Crippen LogP contribution in [0.1, 0.15) is 79.8 Å². The van der Waals surface area contributed by atoms with Crippen LogP contribution in [0.15, 0.2) is 61.1 Å². The number of benzene rings is 2. The minimum atomic E-state index is -0.584. The van der Waals surface area contributed by atoms with E-state index < -0.39 is 6.04 Å². The number of amides is 3. The highest BCUT2D eigenvalue weighted by Crippen LogP contribution is 2.47. The molecule has 0 bridgehead atoms. The molecule has 1 aliphatic carbocycles. The van der Waals surface area contributed by atoms with Gasteiger partial charge in [-0.2, -0.15) is 5.10 Å². The summed E-state index contributed by atoms with van der Waals surface area (Å²) in [7, 11) is 0. The van der Waals surface area contributed by atoms with E-state index in [1.54, 1.807) is 4.90 Å². The molecule has 2 saturated heterocycles. The van der Waals surface area contributed by atoms with E-state index in [2.05, 4.69) is 31.4 Å². The molecular formula is C36H40N8O3. The molecular weight excluding hydrogens is 592 g/mol. The third-order valence-electron chi connectivity index (χ3n) is 10.6. The molecule has 11 nitrogen and oxygen atoms in total. The average molecular weight is 633 g/mol. The monoisotopic (exact) mass is 632 g/mol. The molecule has 2 N–H and O–H groups in total. The van der Waals surface area contributed by atoms with Gasteiger partial charge in [0.05, 0.1) is 35.2 Å². The van der Waals surface area contributed by atoms with Gasteiger partial charge in [-0.3, -0.25) is 34.3 Å². The van der Waals surface area contributed by atoms with Crippen molar-refractivity contribution >= 4 is 34.4 Å². The molecule has 1 saturated carbocycles. The fourth-order valence-corrected chi connectivity index (χ4v) is 7.74. The highest BCUT2D eigenvalue weighted by molar-refractivity contribution is 6.05. The van der Waals surface area contributed by atoms with Crippen molar-refractivity contribution in [2.24, 2.45) is 0 Å². The van der Waals surface area contributed by atoms with Crippen molar-refractivity contribution in [1.82, 2.24) is 34.9 Å². The maximum atomic E-state index is 13.0. The molecule has 1 atom stereocenters. The van der Waals surface area contributed by atoms with Gasteiger partial charge in [-0.05, 0) is 87.3 Å². The molecule has 3 aliphatic heterocycles. The van der Waals surface area contributed by atoms with Gasteiger partial charge in [-0.15, -0.1) is 0 Å². The number of likely N-dealkylation sites (tertiary alicyclic amines) is 1. The van der Waals surface area contributed by atoms with E-state index in [-0.39, 0.29) is 24.1 Å². The maximum Gasteiger partial charge on any atom is 0.255 e. The van der Waals surface area contributed by atoms with E-state index in [1.165, 1.54) is 25.7 Å². The number of para-hydroxylation sites is 2. The normalized spacial score (nSPS) is 21.2. The Kier molecular flexibility index (Phi) is 7.71. The van der Waals surface area contributed by atoms with Crippen LogP contribution < -0.4 is 10.6 Å². The number of anilines is 1. The maximum absolute atomic E-state index is 13.0. The molecule has 8 rings (SSSR count). The Morgan fingerprint density at radius 2 is 1.79 bits per heavy atom. The second-order valence-electron chi connectivity index (χ2n) is 13.6. The first-order valence-electron chi connectivity index (χ1n) is 17.0. The third kappa shape index (κ3) is 5.88. The van der Waals surface area contributed by atoms with E-state index in [1.807, 2.05) is 54.9 Å². The van der Waals surface area contributed by atoms with Gasteiger partial charge in [0.2, 0.25) is 11.8 Å². The first-order chi connectivity index (χ1) is 23.0. The Balaban J connectivity index is 0.788. The molecule has 3 amide bonds. The molecule has 11 heteroatoms. The summed E-state index contributed by atoms with van der Waals surface area (Å²) in [6.07, 6.45) is 14.8. The van der Waals surface area contributed by atoms with Gasteiger partial charge >= 0.3 is 0 Å². The molecule has 3 fully saturated rings. The van der Waals surface area contributed by atoms with Crippen molar-refractivity contribution in [2.75, 3.05) is 25.0 Å². The van der Waals surface area contributed by atoms with E-state index in [0.29, 0.717) is 30.1 Å². The van der Waals surface area contributed by atoms with E-state index in [0.717, 1.165) is 72.4 Å². The first kappa shape index (κ1) is 29.7. The predicted octanol–water partition coefficient (Wildman–Crippen LogP) is 4.71. The Morgan fingerprint density at radius 1 is 0.957 bits per heavy atom. The summed E-state index contributed by atoms with van der Waals surface area (Å²) < 4.78 is 2.13. The number of hydrogen-bond donors (Lipinski definition) is 2. The Hall–Kier alpha value is -4.64. The van der Waals surface area contributed by atoms with Crippen molar-refractivity contribution < 1.29 is 14.4 Å². The lowest BCUT2D eigenvalue weighted by atomic mass is 9.99. The molecule has 1 unspecified atom stereocenters. The molecule has 0 radical (unpaired) electrons. The molecule has 47 heavy (non-hydrogen) atoms. The first-order valence-corrected chi connectivity index (χ1v) is 17.0. The van der Waals surface area contributed by atoms with Crippen molar-refractivity contribution in [3.63, 3.8) is 0 Å². The Morgan fingerprint density at radius 3 is 2.60 bits per heavy atom. The van der Waals surface area contributed by atoms with Crippen LogP contribution in [-0.4, -0.2) is 78.5 Å². The zero-order chi connectivity index (χ0) is 32.0. The van der Waals surface area contributed by atoms with Crippen LogP contribution in [0.5, 0.6) is 0 Å². The van der Waals surface area contributed by atoms with Crippen LogP contribution in [0.3, 0.4) is 0 Å². The van der Waals surface area contributed by atoms with Gasteiger partial charge in [-0.25, -0.2) is 4.98 Å². The third-order valence-corrected chi connectivity index (χ3v) is 10.6. The fourth-order valence-electron chi connectivity index (χ4n) is 7.74. The predicted molar refractivity (Wildman–Crippen MR) is 177 cm³/mol. The molecule has 4 aliphatic rings. The van der Waals surface area contributed by atoms with Gasteiger partial charge in [0, 0.05) is 61.1 Å². The molecule has 4 aromatic rings. The lowest BCUT2D eigenvalue weighted by molar-refractivity contribution is -0.136. The zero-order valence-corrected chi connectivity index (χ0v) is 26.5. The van der Waals surface area contributed by atoms with Crippen LogP contribution in [0, 0.1) is 0 Å². The lowest BCUT2D eigenvalue weighted by Gasteiger charge is -2.38. The van der Waals surface area contributed by atoms with Crippen molar-refractivity contribution in [1.29, 1.82) is 0 Å². The summed E-state index contributed by atoms with van der Waals surface area (Å²) in [5, 5.41) is 10.6. The number of aromatic nitrogens is 4. The van der Waals surface area contributed by atoms with Gasteiger partial charge in [-0.1, -0.05) is 12.1 Å². The van der Waals surface area contributed by atoms with Crippen molar-refractivity contribution in [3.05, 3.63) is 72.2 Å². The zero-order valence-electron chi connectivity index (χ0n) is 26.5. The number of nitrogens with zero attached hydrogens (tertiary/aromatic N) is 6. The van der Waals surface area contributed by atoms with Crippen molar-refractivity contribution in [3.8, 4) is 11.3 Å². The fraction of sp³-hybridized carbons (Fsp3) is 0.444. The van der Waals surface area contributed by atoms with Gasteiger partial charge in [0.15, 0.2) is 0 Å². The van der Waals surface area contributed by atoms with E-state index >= 15 is 0 Å². The summed E-state index contributed by atoms with van der Waals surface area (Å²) in [5.74, 6) is -0.781. The molecule has 0 spiro atoms. The average Bonchev–Trinajstić information content (AvgIpc) is 3.58. The number of unbranched alkanes of at least 4 members (excludes halogenated alkanes) is 1. The van der Waals surface area contributed by atoms with Crippen LogP contribution in [0.25, 0.3) is 22.3 Å². The SMILES string of the molecule is O=C1CCC(N2Cc3cc(NCCCCC4(N5CCC(n6cc(-c7cnc8ccccc8n7)cn6)CC5)CC4)ccc3C2=O)C(=O)N1. The minimum absolute atomic E-state index is 0.134. The molecule has 2 aromatic heterocycles. The number of nitrogens with one attached hydrogen (secondary N) is 2. The number of piperidine rings is 2. The second kappa shape index (κ2) is 12.2. The molecule has 242 valence electrons. The number of imide groups is 1. The number of rotatable bonds is 10. The summed E-state index contributed by atoms with van der Waals surface area (Å²) in [6, 6.07) is 13.6. The largest absolute Gasteiger partial charge is 0.385 e. The number of fused-ring (bicyclic) bond motifs is 2. The minimum Gasteiger partial charge on any atom is -0.385 e. The smallest absolute Gasteiger partial charge is 0.255 e. The molecule has 2 aromatic carbocycles. The van der Waals surface area contributed by atoms with Crippen LogP contribution in [0.4, 0.5) is 5.69 Å². The van der Waals surface area contributed by atoms with Crippen LogP contribution in [0.2, 0.25) is 0 Å². The summed E-state index contributed by atoms with van der Waals surface area (Å²) in [4.78, 5) is 50.5. The Bertz CT molecular complexity index is 1840. The summed E-state index contributed by atoms with van der Waals surface area (Å²) in [6.45, 7) is 3.50. The second-order valence-corrected chi connectivity index (χ2v) is 13.6. The van der Waals surface area contributed by atoms with Crippen LogP contribution >= 0.6 is 0 Å². The quantitative estimate of drug-likeness (QED) is 0.190. The van der Waals surface area contributed by atoms with E-state index in [9.17, 15) is 14.4 Å². The van der Waals surface area contributed by atoms with Gasteiger partial charge in [0.1, 0.15) is 6.04 Å². The number of carbonyl (C=O) groups excluding carboxylic acids is 3. The highest BCUT2D eigenvalue weighted by atomic mass is 16.2. The number of carbonyl (C=O) groups is 3. The van der Waals surface area contributed by atoms with Gasteiger partial charge in [0.25, 0.3) is 5.91 Å². The van der Waals surface area contributed by atoms with Crippen LogP contribution in [-0.2, 0) is 16.1 Å².